The minimum atomic E-state index is -0.167. The predicted molar refractivity (Wildman–Crippen MR) is 75.8 cm³/mol. The summed E-state index contributed by atoms with van der Waals surface area (Å²) in [5.74, 6) is 0. The van der Waals surface area contributed by atoms with Crippen molar-refractivity contribution in [2.45, 2.75) is 26.3 Å². The molecule has 3 heteroatoms. The predicted octanol–water partition coefficient (Wildman–Crippen LogP) is 3.59. The van der Waals surface area contributed by atoms with Gasteiger partial charge in [-0.3, -0.25) is 4.98 Å². The lowest BCUT2D eigenvalue weighted by Gasteiger charge is -2.14. The molecule has 2 aromatic rings. The van der Waals surface area contributed by atoms with Gasteiger partial charge in [0.1, 0.15) is 0 Å². The van der Waals surface area contributed by atoms with Gasteiger partial charge in [-0.05, 0) is 43.5 Å². The Bertz CT molecular complexity index is 552. The number of pyridine rings is 1. The van der Waals surface area contributed by atoms with Crippen LogP contribution in [0.3, 0.4) is 0 Å². The Kier molecular flexibility index (Phi) is 4.00. The highest BCUT2D eigenvalue weighted by Gasteiger charge is 2.13. The summed E-state index contributed by atoms with van der Waals surface area (Å²) in [6.07, 6.45) is 2.48. The lowest BCUT2D eigenvalue weighted by Crippen LogP contribution is -2.16. The molecule has 0 fully saturated rings. The van der Waals surface area contributed by atoms with Crippen LogP contribution in [-0.2, 0) is 6.42 Å². The van der Waals surface area contributed by atoms with Crippen molar-refractivity contribution in [3.8, 4) is 0 Å². The maximum atomic E-state index is 6.20. The van der Waals surface area contributed by atoms with Crippen LogP contribution in [0.2, 0.25) is 5.02 Å². The van der Waals surface area contributed by atoms with E-state index < -0.39 is 0 Å². The standard InChI is InChI=1S/C15H17ClN2/c1-10-5-6-11(2)12(8-10)9-14(17)15-13(16)4-3-7-18-15/h3-8,14H,9,17H2,1-2H3. The highest BCUT2D eigenvalue weighted by atomic mass is 35.5. The van der Waals surface area contributed by atoms with Crippen molar-refractivity contribution in [2.75, 3.05) is 0 Å². The second-order valence-corrected chi connectivity index (χ2v) is 5.02. The van der Waals surface area contributed by atoms with Crippen molar-refractivity contribution < 1.29 is 0 Å². The van der Waals surface area contributed by atoms with Crippen LogP contribution in [0.1, 0.15) is 28.4 Å². The zero-order chi connectivity index (χ0) is 13.1. The number of nitrogens with two attached hydrogens (primary N) is 1. The van der Waals surface area contributed by atoms with Gasteiger partial charge in [-0.1, -0.05) is 35.4 Å². The lowest BCUT2D eigenvalue weighted by atomic mass is 9.97. The van der Waals surface area contributed by atoms with E-state index in [9.17, 15) is 0 Å². The Labute approximate surface area is 113 Å². The van der Waals surface area contributed by atoms with E-state index in [1.807, 2.05) is 12.1 Å². The molecular formula is C15H17ClN2. The summed E-state index contributed by atoms with van der Waals surface area (Å²) >= 11 is 6.11. The highest BCUT2D eigenvalue weighted by molar-refractivity contribution is 6.31. The van der Waals surface area contributed by atoms with E-state index in [-0.39, 0.29) is 6.04 Å². The summed E-state index contributed by atoms with van der Waals surface area (Å²) in [6, 6.07) is 9.88. The Morgan fingerprint density at radius 2 is 2.06 bits per heavy atom. The number of rotatable bonds is 3. The normalized spacial score (nSPS) is 12.4. The molecule has 0 saturated heterocycles. The SMILES string of the molecule is Cc1ccc(C)c(CC(N)c2ncccc2Cl)c1. The maximum Gasteiger partial charge on any atom is 0.0760 e. The largest absolute Gasteiger partial charge is 0.322 e. The molecule has 94 valence electrons. The summed E-state index contributed by atoms with van der Waals surface area (Å²) in [7, 11) is 0. The topological polar surface area (TPSA) is 38.9 Å². The van der Waals surface area contributed by atoms with E-state index >= 15 is 0 Å². The average molecular weight is 261 g/mol. The van der Waals surface area contributed by atoms with Crippen LogP contribution >= 0.6 is 11.6 Å². The van der Waals surface area contributed by atoms with Gasteiger partial charge in [-0.25, -0.2) is 0 Å². The van der Waals surface area contributed by atoms with Gasteiger partial charge in [0.25, 0.3) is 0 Å². The number of aromatic nitrogens is 1. The first-order valence-corrected chi connectivity index (χ1v) is 6.38. The molecule has 0 spiro atoms. The number of nitrogens with zero attached hydrogens (tertiary/aromatic N) is 1. The second-order valence-electron chi connectivity index (χ2n) is 4.61. The second kappa shape index (κ2) is 5.51. The third-order valence-electron chi connectivity index (χ3n) is 3.08. The first kappa shape index (κ1) is 13.1. The molecular weight excluding hydrogens is 244 g/mol. The van der Waals surface area contributed by atoms with E-state index in [0.29, 0.717) is 5.02 Å². The smallest absolute Gasteiger partial charge is 0.0760 e. The molecule has 18 heavy (non-hydrogen) atoms. The molecule has 2 rings (SSSR count). The number of benzene rings is 1. The van der Waals surface area contributed by atoms with Crippen molar-refractivity contribution in [1.82, 2.24) is 4.98 Å². The van der Waals surface area contributed by atoms with Gasteiger partial charge >= 0.3 is 0 Å². The minimum Gasteiger partial charge on any atom is -0.322 e. The van der Waals surface area contributed by atoms with E-state index in [1.165, 1.54) is 16.7 Å². The fraction of sp³-hybridized carbons (Fsp3) is 0.267. The molecule has 1 aromatic carbocycles. The van der Waals surface area contributed by atoms with Crippen LogP contribution < -0.4 is 5.73 Å². The summed E-state index contributed by atoms with van der Waals surface area (Å²) < 4.78 is 0. The maximum absolute atomic E-state index is 6.20. The summed E-state index contributed by atoms with van der Waals surface area (Å²) in [4.78, 5) is 4.27. The summed E-state index contributed by atoms with van der Waals surface area (Å²) in [6.45, 7) is 4.18. The van der Waals surface area contributed by atoms with Gasteiger partial charge in [0.15, 0.2) is 0 Å². The molecule has 0 bridgehead atoms. The van der Waals surface area contributed by atoms with Gasteiger partial charge in [-0.15, -0.1) is 0 Å². The third-order valence-corrected chi connectivity index (χ3v) is 3.40. The van der Waals surface area contributed by atoms with E-state index in [0.717, 1.165) is 12.1 Å². The fourth-order valence-electron chi connectivity index (χ4n) is 2.02. The first-order chi connectivity index (χ1) is 8.58. The zero-order valence-corrected chi connectivity index (χ0v) is 11.4. The number of hydrogen-bond acceptors (Lipinski definition) is 2. The Hall–Kier alpha value is -1.38. The molecule has 0 saturated carbocycles. The number of hydrogen-bond donors (Lipinski definition) is 1. The highest BCUT2D eigenvalue weighted by Crippen LogP contribution is 2.23. The molecule has 0 aliphatic heterocycles. The molecule has 0 aliphatic rings. The van der Waals surface area contributed by atoms with Crippen molar-refractivity contribution in [1.29, 1.82) is 0 Å². The lowest BCUT2D eigenvalue weighted by molar-refractivity contribution is 0.694. The van der Waals surface area contributed by atoms with Crippen LogP contribution in [0.25, 0.3) is 0 Å². The molecule has 2 N–H and O–H groups in total. The van der Waals surface area contributed by atoms with Gasteiger partial charge in [0, 0.05) is 6.20 Å². The molecule has 0 amide bonds. The summed E-state index contributed by atoms with van der Waals surface area (Å²) in [5.41, 5.74) is 10.7. The van der Waals surface area contributed by atoms with Crippen LogP contribution in [0.15, 0.2) is 36.5 Å². The molecule has 0 radical (unpaired) electrons. The monoisotopic (exact) mass is 260 g/mol. The van der Waals surface area contributed by atoms with Gasteiger partial charge < -0.3 is 5.73 Å². The Morgan fingerprint density at radius 1 is 1.28 bits per heavy atom. The molecule has 1 aromatic heterocycles. The molecule has 1 unspecified atom stereocenters. The van der Waals surface area contributed by atoms with E-state index in [2.05, 4.69) is 37.0 Å². The average Bonchev–Trinajstić information content (AvgIpc) is 2.34. The fourth-order valence-corrected chi connectivity index (χ4v) is 2.29. The van der Waals surface area contributed by atoms with Gasteiger partial charge in [0.2, 0.25) is 0 Å². The third kappa shape index (κ3) is 2.89. The van der Waals surface area contributed by atoms with E-state index in [1.54, 1.807) is 6.20 Å². The van der Waals surface area contributed by atoms with Crippen molar-refractivity contribution >= 4 is 11.6 Å². The molecule has 1 heterocycles. The van der Waals surface area contributed by atoms with Crippen LogP contribution in [0, 0.1) is 13.8 Å². The van der Waals surface area contributed by atoms with Crippen molar-refractivity contribution in [2.24, 2.45) is 5.73 Å². The Morgan fingerprint density at radius 3 is 2.78 bits per heavy atom. The Balaban J connectivity index is 2.24. The first-order valence-electron chi connectivity index (χ1n) is 6.00. The number of halogens is 1. The molecule has 2 nitrogen and oxygen atoms in total. The van der Waals surface area contributed by atoms with Gasteiger partial charge in [-0.2, -0.15) is 0 Å². The quantitative estimate of drug-likeness (QED) is 0.916. The van der Waals surface area contributed by atoms with Crippen LogP contribution in [0.5, 0.6) is 0 Å². The van der Waals surface area contributed by atoms with Gasteiger partial charge in [0.05, 0.1) is 16.8 Å². The van der Waals surface area contributed by atoms with E-state index in [4.69, 9.17) is 17.3 Å². The zero-order valence-electron chi connectivity index (χ0n) is 10.7. The summed E-state index contributed by atoms with van der Waals surface area (Å²) in [5, 5.41) is 0.635. The van der Waals surface area contributed by atoms with Crippen LogP contribution in [0.4, 0.5) is 0 Å². The molecule has 1 atom stereocenters. The minimum absolute atomic E-state index is 0.167. The molecule has 0 aliphatic carbocycles. The van der Waals surface area contributed by atoms with Crippen LogP contribution in [-0.4, -0.2) is 4.98 Å². The van der Waals surface area contributed by atoms with Crippen molar-refractivity contribution in [3.63, 3.8) is 0 Å². The number of aryl methyl sites for hydroxylation is 2. The van der Waals surface area contributed by atoms with Crippen molar-refractivity contribution in [3.05, 3.63) is 63.9 Å².